The van der Waals surface area contributed by atoms with Crippen LogP contribution in [0.4, 0.5) is 8.78 Å². The smallest absolute Gasteiger partial charge is 0.310 e. The van der Waals surface area contributed by atoms with Gasteiger partial charge in [0.1, 0.15) is 0 Å². The maximum Gasteiger partial charge on any atom is 0.310 e. The predicted molar refractivity (Wildman–Crippen MR) is 86.5 cm³/mol. The molecule has 0 fully saturated rings. The van der Waals surface area contributed by atoms with Gasteiger partial charge in [-0.05, 0) is 30.3 Å². The molecule has 2 rings (SSSR count). The largest absolute Gasteiger partial charge is 0.469 e. The summed E-state index contributed by atoms with van der Waals surface area (Å²) in [6, 6.07) is 8.18. The highest BCUT2D eigenvalue weighted by molar-refractivity contribution is 5.94. The van der Waals surface area contributed by atoms with Crippen molar-refractivity contribution in [2.45, 2.75) is 13.5 Å². The standard InChI is InChI=1S/C18H18F2N2O3/c1-12(18(24)25-2)10-22(11-14-5-3-4-8-21-14)17(23)13-6-7-15(19)16(20)9-13/h3-9,12H,10-11H2,1-2H3. The molecule has 0 aliphatic heterocycles. The summed E-state index contributed by atoms with van der Waals surface area (Å²) in [5.74, 6) is -3.72. The lowest BCUT2D eigenvalue weighted by molar-refractivity contribution is -0.145. The molecule has 1 amide bonds. The zero-order valence-corrected chi connectivity index (χ0v) is 13.9. The van der Waals surface area contributed by atoms with Gasteiger partial charge in [0.2, 0.25) is 0 Å². The SMILES string of the molecule is COC(=O)C(C)CN(Cc1ccccn1)C(=O)c1ccc(F)c(F)c1. The topological polar surface area (TPSA) is 59.5 Å². The number of pyridine rings is 1. The molecule has 2 aromatic rings. The van der Waals surface area contributed by atoms with Crippen molar-refractivity contribution in [1.82, 2.24) is 9.88 Å². The van der Waals surface area contributed by atoms with Crippen LogP contribution in [0.25, 0.3) is 0 Å². The van der Waals surface area contributed by atoms with E-state index in [2.05, 4.69) is 9.72 Å². The maximum atomic E-state index is 13.4. The van der Waals surface area contributed by atoms with Gasteiger partial charge in [-0.25, -0.2) is 8.78 Å². The molecular formula is C18H18F2N2O3. The van der Waals surface area contributed by atoms with Crippen LogP contribution in [0.1, 0.15) is 23.0 Å². The fourth-order valence-corrected chi connectivity index (χ4v) is 2.32. The first-order valence-electron chi connectivity index (χ1n) is 7.64. The zero-order valence-electron chi connectivity index (χ0n) is 13.9. The lowest BCUT2D eigenvalue weighted by Gasteiger charge is -2.25. The quantitative estimate of drug-likeness (QED) is 0.753. The molecule has 0 saturated carbocycles. The van der Waals surface area contributed by atoms with Crippen molar-refractivity contribution in [1.29, 1.82) is 0 Å². The monoisotopic (exact) mass is 348 g/mol. The number of amides is 1. The van der Waals surface area contributed by atoms with Gasteiger partial charge in [-0.2, -0.15) is 0 Å². The van der Waals surface area contributed by atoms with Gasteiger partial charge in [0.05, 0.1) is 25.3 Å². The first-order valence-corrected chi connectivity index (χ1v) is 7.64. The first-order chi connectivity index (χ1) is 11.9. The lowest BCUT2D eigenvalue weighted by Crippen LogP contribution is -2.37. The highest BCUT2D eigenvalue weighted by Gasteiger charge is 2.23. The number of hydrogen-bond acceptors (Lipinski definition) is 4. The van der Waals surface area contributed by atoms with E-state index in [0.29, 0.717) is 5.69 Å². The zero-order chi connectivity index (χ0) is 18.4. The summed E-state index contributed by atoms with van der Waals surface area (Å²) in [4.78, 5) is 29.9. The van der Waals surface area contributed by atoms with Crippen LogP contribution in [0.5, 0.6) is 0 Å². The molecule has 0 saturated heterocycles. The van der Waals surface area contributed by atoms with Crippen LogP contribution < -0.4 is 0 Å². The molecule has 1 atom stereocenters. The molecule has 1 aromatic heterocycles. The fraction of sp³-hybridized carbons (Fsp3) is 0.278. The van der Waals surface area contributed by atoms with Crippen LogP contribution in [0.2, 0.25) is 0 Å². The highest BCUT2D eigenvalue weighted by atomic mass is 19.2. The van der Waals surface area contributed by atoms with E-state index in [1.807, 2.05) is 0 Å². The molecule has 7 heteroatoms. The number of rotatable bonds is 6. The van der Waals surface area contributed by atoms with E-state index in [9.17, 15) is 18.4 Å². The minimum absolute atomic E-state index is 0.00750. The third kappa shape index (κ3) is 4.82. The number of carbonyl (C=O) groups excluding carboxylic acids is 2. The van der Waals surface area contributed by atoms with Crippen LogP contribution in [-0.2, 0) is 16.1 Å². The summed E-state index contributed by atoms with van der Waals surface area (Å²) in [5, 5.41) is 0. The number of nitrogens with zero attached hydrogens (tertiary/aromatic N) is 2. The van der Waals surface area contributed by atoms with Gasteiger partial charge < -0.3 is 9.64 Å². The Bertz CT molecular complexity index is 753. The van der Waals surface area contributed by atoms with E-state index < -0.39 is 29.4 Å². The van der Waals surface area contributed by atoms with E-state index in [-0.39, 0.29) is 18.7 Å². The van der Waals surface area contributed by atoms with Gasteiger partial charge in [-0.1, -0.05) is 13.0 Å². The average molecular weight is 348 g/mol. The van der Waals surface area contributed by atoms with Gasteiger partial charge in [-0.15, -0.1) is 0 Å². The number of carbonyl (C=O) groups is 2. The summed E-state index contributed by atoms with van der Waals surface area (Å²) < 4.78 is 31.2. The molecule has 0 spiro atoms. The minimum Gasteiger partial charge on any atom is -0.469 e. The second kappa shape index (κ2) is 8.32. The number of benzene rings is 1. The Balaban J connectivity index is 2.27. The molecule has 0 aliphatic rings. The van der Waals surface area contributed by atoms with Crippen molar-refractivity contribution in [3.63, 3.8) is 0 Å². The van der Waals surface area contributed by atoms with Crippen molar-refractivity contribution in [3.8, 4) is 0 Å². The van der Waals surface area contributed by atoms with Gasteiger partial charge >= 0.3 is 5.97 Å². The number of halogens is 2. The Labute approximate surface area is 144 Å². The molecule has 5 nitrogen and oxygen atoms in total. The molecule has 0 radical (unpaired) electrons. The van der Waals surface area contributed by atoms with E-state index in [4.69, 9.17) is 0 Å². The van der Waals surface area contributed by atoms with Crippen LogP contribution in [0, 0.1) is 17.6 Å². The molecule has 1 heterocycles. The van der Waals surface area contributed by atoms with Gasteiger partial charge in [-0.3, -0.25) is 14.6 Å². The van der Waals surface area contributed by atoms with Gasteiger partial charge in [0, 0.05) is 18.3 Å². The van der Waals surface area contributed by atoms with Crippen LogP contribution in [-0.4, -0.2) is 35.4 Å². The number of ether oxygens (including phenoxy) is 1. The normalized spacial score (nSPS) is 11.7. The predicted octanol–water partition coefficient (Wildman–Crippen LogP) is 2.81. The van der Waals surface area contributed by atoms with Crippen LogP contribution in [0.15, 0.2) is 42.6 Å². The van der Waals surface area contributed by atoms with Crippen molar-refractivity contribution in [2.75, 3.05) is 13.7 Å². The maximum absolute atomic E-state index is 13.4. The number of methoxy groups -OCH3 is 1. The van der Waals surface area contributed by atoms with Gasteiger partial charge in [0.25, 0.3) is 5.91 Å². The van der Waals surface area contributed by atoms with E-state index in [1.165, 1.54) is 18.1 Å². The highest BCUT2D eigenvalue weighted by Crippen LogP contribution is 2.15. The van der Waals surface area contributed by atoms with E-state index >= 15 is 0 Å². The van der Waals surface area contributed by atoms with E-state index in [1.54, 1.807) is 31.3 Å². The molecular weight excluding hydrogens is 330 g/mol. The Morgan fingerprint density at radius 2 is 1.96 bits per heavy atom. The first kappa shape index (κ1) is 18.5. The van der Waals surface area contributed by atoms with Crippen molar-refractivity contribution < 1.29 is 23.1 Å². The summed E-state index contributed by atoms with van der Waals surface area (Å²) in [6.45, 7) is 1.80. The third-order valence-electron chi connectivity index (χ3n) is 3.63. The van der Waals surface area contributed by atoms with Crippen LogP contribution >= 0.6 is 0 Å². The summed E-state index contributed by atoms with van der Waals surface area (Å²) in [6.07, 6.45) is 1.58. The van der Waals surface area contributed by atoms with Crippen molar-refractivity contribution in [2.24, 2.45) is 5.92 Å². The second-order valence-corrected chi connectivity index (χ2v) is 5.56. The minimum atomic E-state index is -1.11. The Hall–Kier alpha value is -2.83. The van der Waals surface area contributed by atoms with Crippen molar-refractivity contribution >= 4 is 11.9 Å². The molecule has 1 aromatic carbocycles. The Kier molecular flexibility index (Phi) is 6.16. The summed E-state index contributed by atoms with van der Waals surface area (Å²) >= 11 is 0. The Morgan fingerprint density at radius 1 is 1.20 bits per heavy atom. The lowest BCUT2D eigenvalue weighted by atomic mass is 10.1. The summed E-state index contributed by atoms with van der Waals surface area (Å²) in [5.41, 5.74) is 0.599. The van der Waals surface area contributed by atoms with E-state index in [0.717, 1.165) is 12.1 Å². The molecule has 0 bridgehead atoms. The fourth-order valence-electron chi connectivity index (χ4n) is 2.32. The Morgan fingerprint density at radius 3 is 2.56 bits per heavy atom. The molecule has 0 N–H and O–H groups in total. The third-order valence-corrected chi connectivity index (χ3v) is 3.63. The number of aromatic nitrogens is 1. The average Bonchev–Trinajstić information content (AvgIpc) is 2.62. The molecule has 1 unspecified atom stereocenters. The van der Waals surface area contributed by atoms with Gasteiger partial charge in [0.15, 0.2) is 11.6 Å². The molecule has 0 aliphatic carbocycles. The van der Waals surface area contributed by atoms with Crippen LogP contribution in [0.3, 0.4) is 0 Å². The molecule has 25 heavy (non-hydrogen) atoms. The number of esters is 1. The molecule has 132 valence electrons. The number of hydrogen-bond donors (Lipinski definition) is 0. The van der Waals surface area contributed by atoms with Crippen molar-refractivity contribution in [3.05, 3.63) is 65.5 Å². The summed E-state index contributed by atoms with van der Waals surface area (Å²) in [7, 11) is 1.26. The second-order valence-electron chi connectivity index (χ2n) is 5.56.